The van der Waals surface area contributed by atoms with Crippen LogP contribution < -0.4 is 4.90 Å². The molecule has 5 nitrogen and oxygen atoms in total. The Morgan fingerprint density at radius 1 is 1.14 bits per heavy atom. The van der Waals surface area contributed by atoms with E-state index in [0.29, 0.717) is 12.1 Å². The lowest BCUT2D eigenvalue weighted by Gasteiger charge is -2.22. The largest absolute Gasteiger partial charge is 0.309 e. The van der Waals surface area contributed by atoms with Gasteiger partial charge in [-0.2, -0.15) is 0 Å². The maximum Gasteiger partial charge on any atom is 0.270 e. The van der Waals surface area contributed by atoms with Crippen LogP contribution in [0.25, 0.3) is 0 Å². The summed E-state index contributed by atoms with van der Waals surface area (Å²) in [6, 6.07) is 11.7. The number of hydrogen-bond acceptors (Lipinski definition) is 3. The van der Waals surface area contributed by atoms with Crippen LogP contribution in [-0.2, 0) is 0 Å². The molecular weight excluding hydrogens is 280 g/mol. The van der Waals surface area contributed by atoms with Gasteiger partial charge in [0, 0.05) is 29.9 Å². The molecule has 22 heavy (non-hydrogen) atoms. The number of rotatable bonds is 4. The number of anilines is 1. The van der Waals surface area contributed by atoms with Crippen molar-refractivity contribution in [1.29, 1.82) is 0 Å². The Kier molecular flexibility index (Phi) is 4.56. The van der Waals surface area contributed by atoms with Crippen LogP contribution in [0.4, 0.5) is 11.4 Å². The average Bonchev–Trinajstić information content (AvgIpc) is 2.47. The first-order valence-corrected chi connectivity index (χ1v) is 7.07. The van der Waals surface area contributed by atoms with Crippen LogP contribution in [0, 0.1) is 24.0 Å². The van der Waals surface area contributed by atoms with Crippen molar-refractivity contribution >= 4 is 17.3 Å². The molecule has 0 radical (unpaired) electrons. The van der Waals surface area contributed by atoms with E-state index in [0.717, 1.165) is 16.8 Å². The van der Waals surface area contributed by atoms with E-state index in [1.54, 1.807) is 11.0 Å². The third-order valence-electron chi connectivity index (χ3n) is 3.38. The second-order valence-electron chi connectivity index (χ2n) is 5.20. The SMILES string of the molecule is CCN(C(=O)c1cccc([N+](=O)[O-])c1)c1cc(C)cc(C)c1. The molecule has 5 heteroatoms. The van der Waals surface area contributed by atoms with E-state index in [2.05, 4.69) is 0 Å². The summed E-state index contributed by atoms with van der Waals surface area (Å²) in [5.41, 5.74) is 3.18. The zero-order valence-electron chi connectivity index (χ0n) is 12.9. The number of carbonyl (C=O) groups excluding carboxylic acids is 1. The highest BCUT2D eigenvalue weighted by atomic mass is 16.6. The Hall–Kier alpha value is -2.69. The molecule has 2 aromatic carbocycles. The predicted octanol–water partition coefficient (Wildman–Crippen LogP) is 3.88. The second kappa shape index (κ2) is 6.39. The van der Waals surface area contributed by atoms with E-state index in [1.165, 1.54) is 18.2 Å². The molecule has 0 aliphatic carbocycles. The molecule has 2 rings (SSSR count). The highest BCUT2D eigenvalue weighted by Crippen LogP contribution is 2.22. The van der Waals surface area contributed by atoms with Gasteiger partial charge in [0.25, 0.3) is 11.6 Å². The highest BCUT2D eigenvalue weighted by Gasteiger charge is 2.18. The third-order valence-corrected chi connectivity index (χ3v) is 3.38. The van der Waals surface area contributed by atoms with Crippen molar-refractivity contribution in [2.24, 2.45) is 0 Å². The summed E-state index contributed by atoms with van der Waals surface area (Å²) in [7, 11) is 0. The van der Waals surface area contributed by atoms with Crippen molar-refractivity contribution < 1.29 is 9.72 Å². The fourth-order valence-electron chi connectivity index (χ4n) is 2.46. The second-order valence-corrected chi connectivity index (χ2v) is 5.20. The number of benzene rings is 2. The summed E-state index contributed by atoms with van der Waals surface area (Å²) in [5.74, 6) is -0.240. The third kappa shape index (κ3) is 3.31. The Morgan fingerprint density at radius 3 is 2.32 bits per heavy atom. The van der Waals surface area contributed by atoms with Gasteiger partial charge in [-0.1, -0.05) is 12.1 Å². The van der Waals surface area contributed by atoms with E-state index in [9.17, 15) is 14.9 Å². The smallest absolute Gasteiger partial charge is 0.270 e. The first-order chi connectivity index (χ1) is 10.4. The molecule has 0 aliphatic heterocycles. The van der Waals surface area contributed by atoms with Crippen molar-refractivity contribution in [2.45, 2.75) is 20.8 Å². The van der Waals surface area contributed by atoms with Gasteiger partial charge in [0.15, 0.2) is 0 Å². The van der Waals surface area contributed by atoms with Crippen LogP contribution in [0.1, 0.15) is 28.4 Å². The van der Waals surface area contributed by atoms with Gasteiger partial charge in [-0.15, -0.1) is 0 Å². The van der Waals surface area contributed by atoms with Gasteiger partial charge in [0.2, 0.25) is 0 Å². The summed E-state index contributed by atoms with van der Waals surface area (Å²) < 4.78 is 0. The van der Waals surface area contributed by atoms with Crippen molar-refractivity contribution in [3.8, 4) is 0 Å². The first-order valence-electron chi connectivity index (χ1n) is 7.07. The summed E-state index contributed by atoms with van der Waals surface area (Å²) in [6.45, 7) is 6.32. The maximum atomic E-state index is 12.7. The minimum atomic E-state index is -0.496. The van der Waals surface area contributed by atoms with Crippen molar-refractivity contribution in [2.75, 3.05) is 11.4 Å². The zero-order chi connectivity index (χ0) is 16.3. The molecule has 0 bridgehead atoms. The summed E-state index contributed by atoms with van der Waals surface area (Å²) in [6.07, 6.45) is 0. The number of hydrogen-bond donors (Lipinski definition) is 0. The van der Waals surface area contributed by atoms with Crippen LogP contribution in [0.3, 0.4) is 0 Å². The number of non-ortho nitro benzene ring substituents is 1. The van der Waals surface area contributed by atoms with Crippen LogP contribution in [0.2, 0.25) is 0 Å². The van der Waals surface area contributed by atoms with E-state index in [1.807, 2.05) is 39.0 Å². The molecule has 1 amide bonds. The molecule has 0 aromatic heterocycles. The molecule has 2 aromatic rings. The van der Waals surface area contributed by atoms with Crippen molar-refractivity contribution in [3.05, 3.63) is 69.3 Å². The zero-order valence-corrected chi connectivity index (χ0v) is 12.9. The topological polar surface area (TPSA) is 63.5 Å². The Bertz CT molecular complexity index is 705. The fourth-order valence-corrected chi connectivity index (χ4v) is 2.46. The van der Waals surface area contributed by atoms with E-state index < -0.39 is 4.92 Å². The average molecular weight is 298 g/mol. The quantitative estimate of drug-likeness (QED) is 0.635. The van der Waals surface area contributed by atoms with Crippen LogP contribution in [-0.4, -0.2) is 17.4 Å². The number of nitro groups is 1. The van der Waals surface area contributed by atoms with Crippen molar-refractivity contribution in [3.63, 3.8) is 0 Å². The maximum absolute atomic E-state index is 12.7. The predicted molar refractivity (Wildman–Crippen MR) is 86.4 cm³/mol. The molecule has 0 fully saturated rings. The fraction of sp³-hybridized carbons (Fsp3) is 0.235. The summed E-state index contributed by atoms with van der Waals surface area (Å²) in [4.78, 5) is 24.7. The van der Waals surface area contributed by atoms with Gasteiger partial charge >= 0.3 is 0 Å². The summed E-state index contributed by atoms with van der Waals surface area (Å²) in [5, 5.41) is 10.9. The molecule has 0 N–H and O–H groups in total. The number of carbonyl (C=O) groups is 1. The molecule has 0 atom stereocenters. The number of nitro benzene ring substituents is 1. The molecule has 0 saturated carbocycles. The van der Waals surface area contributed by atoms with Crippen molar-refractivity contribution in [1.82, 2.24) is 0 Å². The monoisotopic (exact) mass is 298 g/mol. The van der Waals surface area contributed by atoms with E-state index >= 15 is 0 Å². The van der Waals surface area contributed by atoms with Gasteiger partial charge in [0.1, 0.15) is 0 Å². The van der Waals surface area contributed by atoms with Crippen LogP contribution in [0.15, 0.2) is 42.5 Å². The lowest BCUT2D eigenvalue weighted by Crippen LogP contribution is -2.30. The number of amides is 1. The lowest BCUT2D eigenvalue weighted by atomic mass is 10.1. The lowest BCUT2D eigenvalue weighted by molar-refractivity contribution is -0.384. The van der Waals surface area contributed by atoms with Gasteiger partial charge in [-0.05, 0) is 50.1 Å². The first kappa shape index (κ1) is 15.7. The van der Waals surface area contributed by atoms with E-state index in [-0.39, 0.29) is 11.6 Å². The van der Waals surface area contributed by atoms with Gasteiger partial charge < -0.3 is 4.90 Å². The molecule has 114 valence electrons. The van der Waals surface area contributed by atoms with Gasteiger partial charge in [0.05, 0.1) is 4.92 Å². The number of aryl methyl sites for hydroxylation is 2. The summed E-state index contributed by atoms with van der Waals surface area (Å²) >= 11 is 0. The molecular formula is C17H18N2O3. The van der Waals surface area contributed by atoms with Crippen LogP contribution in [0.5, 0.6) is 0 Å². The highest BCUT2D eigenvalue weighted by molar-refractivity contribution is 6.06. The van der Waals surface area contributed by atoms with Crippen LogP contribution >= 0.6 is 0 Å². The standard InChI is InChI=1S/C17H18N2O3/c1-4-18(16-9-12(2)8-13(3)10-16)17(20)14-6-5-7-15(11-14)19(21)22/h5-11H,4H2,1-3H3. The molecule has 0 saturated heterocycles. The number of nitrogens with zero attached hydrogens (tertiary/aromatic N) is 2. The molecule has 0 aliphatic rings. The normalized spacial score (nSPS) is 10.3. The minimum absolute atomic E-state index is 0.0812. The molecule has 0 unspecified atom stereocenters. The molecule has 0 heterocycles. The Balaban J connectivity index is 2.40. The van der Waals surface area contributed by atoms with Gasteiger partial charge in [-0.25, -0.2) is 0 Å². The molecule has 0 spiro atoms. The minimum Gasteiger partial charge on any atom is -0.309 e. The Labute approximate surface area is 129 Å². The Morgan fingerprint density at radius 2 is 1.77 bits per heavy atom. The van der Waals surface area contributed by atoms with E-state index in [4.69, 9.17) is 0 Å². The van der Waals surface area contributed by atoms with Gasteiger partial charge in [-0.3, -0.25) is 14.9 Å².